The van der Waals surface area contributed by atoms with Crippen molar-refractivity contribution in [2.24, 2.45) is 4.99 Å². The first kappa shape index (κ1) is 18.7. The average molecular weight is 457 g/mol. The van der Waals surface area contributed by atoms with Crippen LogP contribution in [0.15, 0.2) is 93.2 Å². The molecular formula is C20H17BrN4O2S. The monoisotopic (exact) mass is 456 g/mol. The summed E-state index contributed by atoms with van der Waals surface area (Å²) in [5.74, 6) is 0.327. The number of sulfonamides is 1. The molecule has 0 bridgehead atoms. The first-order valence-electron chi connectivity index (χ1n) is 8.55. The Hall–Kier alpha value is -2.68. The number of nitrogens with one attached hydrogen (secondary N) is 3. The number of anilines is 1. The van der Waals surface area contributed by atoms with Gasteiger partial charge in [-0.25, -0.2) is 13.4 Å². The van der Waals surface area contributed by atoms with Crippen molar-refractivity contribution < 1.29 is 8.42 Å². The Morgan fingerprint density at radius 3 is 2.32 bits per heavy atom. The van der Waals surface area contributed by atoms with Crippen LogP contribution in [0.2, 0.25) is 0 Å². The lowest BCUT2D eigenvalue weighted by atomic mass is 9.97. The summed E-state index contributed by atoms with van der Waals surface area (Å²) >= 11 is 3.30. The van der Waals surface area contributed by atoms with Gasteiger partial charge in [-0.2, -0.15) is 0 Å². The maximum atomic E-state index is 12.5. The second-order valence-corrected chi connectivity index (χ2v) is 8.79. The standard InChI is InChI=1S/C20H17BrN4O2S/c21-15-10-12-16(13-11-15)28(26,27)25-24-20-22-18-9-5-4-8-17(18)19(23-20)14-6-2-1-3-7-14/h1-13,19,25H,(H2,22,23,24)/t19-/m0/s1. The van der Waals surface area contributed by atoms with Gasteiger partial charge in [-0.3, -0.25) is 5.43 Å². The van der Waals surface area contributed by atoms with Gasteiger partial charge in [-0.15, -0.1) is 4.83 Å². The van der Waals surface area contributed by atoms with E-state index in [4.69, 9.17) is 0 Å². The third kappa shape index (κ3) is 3.94. The number of halogens is 1. The fourth-order valence-corrected chi connectivity index (χ4v) is 4.06. The van der Waals surface area contributed by atoms with Crippen molar-refractivity contribution >= 4 is 37.6 Å². The van der Waals surface area contributed by atoms with Gasteiger partial charge in [0.05, 0.1) is 4.90 Å². The Labute approximate surface area is 171 Å². The minimum atomic E-state index is -3.74. The maximum absolute atomic E-state index is 12.5. The van der Waals surface area contributed by atoms with E-state index in [0.717, 1.165) is 21.3 Å². The van der Waals surface area contributed by atoms with Crippen LogP contribution in [0.4, 0.5) is 5.69 Å². The zero-order valence-corrected chi connectivity index (χ0v) is 17.0. The SMILES string of the molecule is O=S(=O)(NNC1=N[C@@H](c2ccccc2)c2ccccc2N1)c1ccc(Br)cc1. The van der Waals surface area contributed by atoms with Gasteiger partial charge in [-0.1, -0.05) is 64.5 Å². The molecule has 1 atom stereocenters. The van der Waals surface area contributed by atoms with Crippen LogP contribution in [-0.2, 0) is 10.0 Å². The minimum absolute atomic E-state index is 0.152. The Bertz CT molecular complexity index is 1120. The second kappa shape index (κ2) is 7.75. The first-order chi connectivity index (χ1) is 13.5. The van der Waals surface area contributed by atoms with Gasteiger partial charge in [0.15, 0.2) is 0 Å². The van der Waals surface area contributed by atoms with Gasteiger partial charge in [0, 0.05) is 15.7 Å². The Morgan fingerprint density at radius 2 is 1.57 bits per heavy atom. The fraction of sp³-hybridized carbons (Fsp3) is 0.0500. The summed E-state index contributed by atoms with van der Waals surface area (Å²) in [4.78, 5) is 7.20. The second-order valence-electron chi connectivity index (χ2n) is 6.19. The molecule has 3 aromatic rings. The molecule has 28 heavy (non-hydrogen) atoms. The molecule has 1 heterocycles. The molecule has 1 aliphatic rings. The quantitative estimate of drug-likeness (QED) is 0.521. The van der Waals surface area contributed by atoms with E-state index in [-0.39, 0.29) is 10.9 Å². The molecular weight excluding hydrogens is 440 g/mol. The van der Waals surface area contributed by atoms with Crippen LogP contribution >= 0.6 is 15.9 Å². The van der Waals surface area contributed by atoms with E-state index in [9.17, 15) is 8.42 Å². The molecule has 8 heteroatoms. The van der Waals surface area contributed by atoms with Crippen molar-refractivity contribution in [3.8, 4) is 0 Å². The van der Waals surface area contributed by atoms with Crippen molar-refractivity contribution in [1.29, 1.82) is 0 Å². The van der Waals surface area contributed by atoms with Crippen LogP contribution < -0.4 is 15.6 Å². The maximum Gasteiger partial charge on any atom is 0.257 e. The van der Waals surface area contributed by atoms with E-state index in [0.29, 0.717) is 5.96 Å². The van der Waals surface area contributed by atoms with Gasteiger partial charge in [0.25, 0.3) is 10.0 Å². The van der Waals surface area contributed by atoms with Crippen LogP contribution in [-0.4, -0.2) is 14.4 Å². The lowest BCUT2D eigenvalue weighted by Crippen LogP contribution is -2.46. The lowest BCUT2D eigenvalue weighted by molar-refractivity contribution is 0.576. The van der Waals surface area contributed by atoms with Crippen molar-refractivity contribution in [1.82, 2.24) is 10.3 Å². The molecule has 0 aliphatic carbocycles. The molecule has 0 radical (unpaired) electrons. The van der Waals surface area contributed by atoms with Gasteiger partial charge >= 0.3 is 0 Å². The lowest BCUT2D eigenvalue weighted by Gasteiger charge is -2.26. The molecule has 3 aromatic carbocycles. The molecule has 0 saturated heterocycles. The van der Waals surface area contributed by atoms with E-state index >= 15 is 0 Å². The topological polar surface area (TPSA) is 82.6 Å². The van der Waals surface area contributed by atoms with E-state index in [1.165, 1.54) is 12.1 Å². The highest BCUT2D eigenvalue weighted by atomic mass is 79.9. The summed E-state index contributed by atoms with van der Waals surface area (Å²) in [6.45, 7) is 0. The highest BCUT2D eigenvalue weighted by Gasteiger charge is 2.23. The molecule has 1 aliphatic heterocycles. The van der Waals surface area contributed by atoms with Crippen molar-refractivity contribution in [3.05, 3.63) is 94.5 Å². The number of hydrogen-bond acceptors (Lipinski definition) is 5. The van der Waals surface area contributed by atoms with Gasteiger partial charge in [0.2, 0.25) is 5.96 Å². The van der Waals surface area contributed by atoms with Gasteiger partial charge in [-0.05, 0) is 35.9 Å². The molecule has 142 valence electrons. The molecule has 0 amide bonds. The number of para-hydroxylation sites is 1. The van der Waals surface area contributed by atoms with Crippen LogP contribution in [0, 0.1) is 0 Å². The predicted molar refractivity (Wildman–Crippen MR) is 113 cm³/mol. The average Bonchev–Trinajstić information content (AvgIpc) is 2.73. The summed E-state index contributed by atoms with van der Waals surface area (Å²) in [7, 11) is -3.74. The highest BCUT2D eigenvalue weighted by Crippen LogP contribution is 2.34. The van der Waals surface area contributed by atoms with E-state index in [1.807, 2.05) is 54.6 Å². The summed E-state index contributed by atoms with van der Waals surface area (Å²) in [6, 6.07) is 23.8. The predicted octanol–water partition coefficient (Wildman–Crippen LogP) is 3.80. The molecule has 0 unspecified atom stereocenters. The van der Waals surface area contributed by atoms with Crippen LogP contribution in [0.5, 0.6) is 0 Å². The van der Waals surface area contributed by atoms with E-state index in [2.05, 4.69) is 36.5 Å². The molecule has 0 spiro atoms. The smallest absolute Gasteiger partial charge is 0.257 e. The summed E-state index contributed by atoms with van der Waals surface area (Å²) in [6.07, 6.45) is 0. The zero-order valence-electron chi connectivity index (χ0n) is 14.6. The Morgan fingerprint density at radius 1 is 0.893 bits per heavy atom. The molecule has 4 rings (SSSR count). The molecule has 3 N–H and O–H groups in total. The third-order valence-corrected chi connectivity index (χ3v) is 6.10. The number of aliphatic imine (C=N–C) groups is 1. The van der Waals surface area contributed by atoms with Crippen molar-refractivity contribution in [2.75, 3.05) is 5.32 Å². The number of rotatable bonds is 4. The normalized spacial score (nSPS) is 15.9. The summed E-state index contributed by atoms with van der Waals surface area (Å²) < 4.78 is 25.8. The minimum Gasteiger partial charge on any atom is -0.325 e. The van der Waals surface area contributed by atoms with Crippen molar-refractivity contribution in [3.63, 3.8) is 0 Å². The summed E-state index contributed by atoms with van der Waals surface area (Å²) in [5.41, 5.74) is 5.62. The number of hydrogen-bond donors (Lipinski definition) is 3. The van der Waals surface area contributed by atoms with Crippen LogP contribution in [0.3, 0.4) is 0 Å². The number of nitrogens with zero attached hydrogens (tertiary/aromatic N) is 1. The Balaban J connectivity index is 1.59. The molecule has 0 fully saturated rings. The van der Waals surface area contributed by atoms with Gasteiger partial charge < -0.3 is 5.32 Å². The largest absolute Gasteiger partial charge is 0.325 e. The highest BCUT2D eigenvalue weighted by molar-refractivity contribution is 9.10. The van der Waals surface area contributed by atoms with Crippen molar-refractivity contribution in [2.45, 2.75) is 10.9 Å². The third-order valence-electron chi connectivity index (χ3n) is 4.31. The van der Waals surface area contributed by atoms with Crippen LogP contribution in [0.25, 0.3) is 0 Å². The molecule has 0 saturated carbocycles. The molecule has 6 nitrogen and oxygen atoms in total. The summed E-state index contributed by atoms with van der Waals surface area (Å²) in [5, 5.41) is 3.13. The van der Waals surface area contributed by atoms with Crippen LogP contribution in [0.1, 0.15) is 17.2 Å². The number of benzene rings is 3. The van der Waals surface area contributed by atoms with Gasteiger partial charge in [0.1, 0.15) is 6.04 Å². The molecule has 0 aromatic heterocycles. The van der Waals surface area contributed by atoms with E-state index < -0.39 is 10.0 Å². The number of fused-ring (bicyclic) bond motifs is 1. The Kier molecular flexibility index (Phi) is 5.17. The fourth-order valence-electron chi connectivity index (χ4n) is 2.95. The number of hydrazine groups is 1. The number of guanidine groups is 1. The zero-order chi connectivity index (χ0) is 19.6. The first-order valence-corrected chi connectivity index (χ1v) is 10.8. The van der Waals surface area contributed by atoms with E-state index in [1.54, 1.807) is 12.1 Å².